The summed E-state index contributed by atoms with van der Waals surface area (Å²) in [4.78, 5) is 35.8. The van der Waals surface area contributed by atoms with Crippen molar-refractivity contribution in [1.29, 1.82) is 0 Å². The summed E-state index contributed by atoms with van der Waals surface area (Å²) in [5.41, 5.74) is 0. The van der Waals surface area contributed by atoms with Gasteiger partial charge in [-0.1, -0.05) is 6.92 Å². The molecule has 0 radical (unpaired) electrons. The number of carboxylic acids is 1. The third-order valence-corrected chi connectivity index (χ3v) is 3.32. The normalized spacial score (nSPS) is 22.8. The fourth-order valence-corrected chi connectivity index (χ4v) is 2.15. The Bertz CT molecular complexity index is 443. The monoisotopic (exact) mass is 282 g/mol. The van der Waals surface area contributed by atoms with E-state index in [-0.39, 0.29) is 30.8 Å². The van der Waals surface area contributed by atoms with Gasteiger partial charge in [-0.15, -0.1) is 12.3 Å². The Morgan fingerprint density at radius 3 is 2.65 bits per heavy atom. The van der Waals surface area contributed by atoms with Crippen LogP contribution in [0.5, 0.6) is 0 Å². The third kappa shape index (κ3) is 3.63. The molecule has 0 spiro atoms. The number of rotatable bonds is 4. The number of carbonyl (C=O) groups is 3. The number of likely N-dealkylation sites (tertiary alicyclic amines) is 1. The summed E-state index contributed by atoms with van der Waals surface area (Å²) in [5.74, 6) is 0.220. The Hall–Kier alpha value is -2.23. The lowest BCUT2D eigenvalue weighted by molar-refractivity contribution is -0.146. The van der Waals surface area contributed by atoms with E-state index < -0.39 is 18.0 Å². The number of terminal acetylenes is 1. The molecule has 20 heavy (non-hydrogen) atoms. The molecule has 1 saturated heterocycles. The van der Waals surface area contributed by atoms with Crippen molar-refractivity contribution in [2.45, 2.75) is 19.4 Å². The van der Waals surface area contributed by atoms with E-state index in [1.54, 1.807) is 0 Å². The van der Waals surface area contributed by atoms with Crippen LogP contribution in [0.2, 0.25) is 0 Å². The van der Waals surface area contributed by atoms with Crippen molar-refractivity contribution in [1.82, 2.24) is 10.2 Å². The number of urea groups is 1. The van der Waals surface area contributed by atoms with Crippen LogP contribution in [0.25, 0.3) is 0 Å². The van der Waals surface area contributed by atoms with Crippen LogP contribution in [-0.2, 0) is 14.3 Å². The first-order valence-electron chi connectivity index (χ1n) is 6.20. The molecule has 1 rings (SSSR count). The van der Waals surface area contributed by atoms with Crippen LogP contribution >= 0.6 is 0 Å². The highest BCUT2D eigenvalue weighted by Crippen LogP contribution is 2.24. The molecule has 3 atom stereocenters. The van der Waals surface area contributed by atoms with E-state index in [0.29, 0.717) is 6.54 Å². The van der Waals surface area contributed by atoms with Crippen molar-refractivity contribution in [2.24, 2.45) is 11.8 Å². The van der Waals surface area contributed by atoms with E-state index in [4.69, 9.17) is 11.5 Å². The van der Waals surface area contributed by atoms with Crippen molar-refractivity contribution >= 4 is 18.0 Å². The minimum Gasteiger partial charge on any atom is -0.480 e. The molecule has 0 bridgehead atoms. The van der Waals surface area contributed by atoms with Gasteiger partial charge in [-0.25, -0.2) is 9.59 Å². The number of amides is 2. The average Bonchev–Trinajstić information content (AvgIpc) is 2.79. The number of carbonyl (C=O) groups excluding carboxylic acids is 2. The SMILES string of the molecule is C#CCC(NC(=O)N1CC(C)C(C(=O)OC)C1)C(=O)O. The molecule has 1 fully saturated rings. The maximum atomic E-state index is 12.0. The zero-order valence-electron chi connectivity index (χ0n) is 11.5. The highest BCUT2D eigenvalue weighted by molar-refractivity contribution is 5.84. The highest BCUT2D eigenvalue weighted by Gasteiger charge is 2.38. The van der Waals surface area contributed by atoms with Gasteiger partial charge < -0.3 is 20.1 Å². The molecule has 2 N–H and O–H groups in total. The lowest BCUT2D eigenvalue weighted by atomic mass is 9.99. The molecular weight excluding hydrogens is 264 g/mol. The summed E-state index contributed by atoms with van der Waals surface area (Å²) in [6.07, 6.45) is 4.97. The van der Waals surface area contributed by atoms with Crippen molar-refractivity contribution in [3.05, 3.63) is 0 Å². The van der Waals surface area contributed by atoms with E-state index in [9.17, 15) is 14.4 Å². The molecule has 0 saturated carbocycles. The van der Waals surface area contributed by atoms with Crippen LogP contribution < -0.4 is 5.32 Å². The van der Waals surface area contributed by atoms with Crippen LogP contribution in [0.4, 0.5) is 4.79 Å². The van der Waals surface area contributed by atoms with Crippen LogP contribution in [0.3, 0.4) is 0 Å². The topological polar surface area (TPSA) is 95.9 Å². The summed E-state index contributed by atoms with van der Waals surface area (Å²) in [7, 11) is 1.30. The molecule has 1 aliphatic heterocycles. The van der Waals surface area contributed by atoms with E-state index in [1.807, 2.05) is 6.92 Å². The Morgan fingerprint density at radius 2 is 2.15 bits per heavy atom. The van der Waals surface area contributed by atoms with Gasteiger partial charge in [0.1, 0.15) is 6.04 Å². The van der Waals surface area contributed by atoms with Gasteiger partial charge in [0.25, 0.3) is 0 Å². The molecule has 7 heteroatoms. The Labute approximate surface area is 117 Å². The second-order valence-electron chi connectivity index (χ2n) is 4.76. The van der Waals surface area contributed by atoms with Gasteiger partial charge in [0, 0.05) is 19.5 Å². The van der Waals surface area contributed by atoms with Crippen molar-refractivity contribution in [2.75, 3.05) is 20.2 Å². The average molecular weight is 282 g/mol. The zero-order chi connectivity index (χ0) is 15.3. The van der Waals surface area contributed by atoms with Gasteiger partial charge >= 0.3 is 18.0 Å². The van der Waals surface area contributed by atoms with Crippen LogP contribution in [0.1, 0.15) is 13.3 Å². The van der Waals surface area contributed by atoms with Gasteiger partial charge in [0.05, 0.1) is 13.0 Å². The number of hydrogen-bond donors (Lipinski definition) is 2. The number of nitrogens with zero attached hydrogens (tertiary/aromatic N) is 1. The van der Waals surface area contributed by atoms with Crippen molar-refractivity contribution < 1.29 is 24.2 Å². The van der Waals surface area contributed by atoms with Crippen molar-refractivity contribution in [3.8, 4) is 12.3 Å². The number of aliphatic carboxylic acids is 1. The minimum absolute atomic E-state index is 0.0379. The first-order chi connectivity index (χ1) is 9.40. The predicted molar refractivity (Wildman–Crippen MR) is 69.6 cm³/mol. The second-order valence-corrected chi connectivity index (χ2v) is 4.76. The number of nitrogens with one attached hydrogen (secondary N) is 1. The summed E-state index contributed by atoms with van der Waals surface area (Å²) >= 11 is 0. The summed E-state index contributed by atoms with van der Waals surface area (Å²) in [6, 6.07) is -1.66. The standard InChI is InChI=1S/C13H18N2O5/c1-4-5-10(11(16)17)14-13(19)15-6-8(2)9(7-15)12(18)20-3/h1,8-10H,5-7H2,2-3H3,(H,14,19)(H,16,17). The van der Waals surface area contributed by atoms with E-state index in [1.165, 1.54) is 12.0 Å². The number of esters is 1. The summed E-state index contributed by atoms with van der Waals surface area (Å²) in [6.45, 7) is 2.42. The van der Waals surface area contributed by atoms with Gasteiger partial charge in [-0.2, -0.15) is 0 Å². The lowest BCUT2D eigenvalue weighted by Gasteiger charge is -2.19. The highest BCUT2D eigenvalue weighted by atomic mass is 16.5. The predicted octanol–water partition coefficient (Wildman–Crippen LogP) is -0.0866. The second kappa shape index (κ2) is 6.80. The smallest absolute Gasteiger partial charge is 0.327 e. The number of methoxy groups -OCH3 is 1. The lowest BCUT2D eigenvalue weighted by Crippen LogP contribution is -2.47. The molecule has 0 aromatic carbocycles. The maximum absolute atomic E-state index is 12.0. The van der Waals surface area contributed by atoms with Crippen LogP contribution in [0.15, 0.2) is 0 Å². The quantitative estimate of drug-likeness (QED) is 0.555. The van der Waals surface area contributed by atoms with Gasteiger partial charge in [0.2, 0.25) is 0 Å². The fourth-order valence-electron chi connectivity index (χ4n) is 2.15. The molecule has 1 heterocycles. The van der Waals surface area contributed by atoms with E-state index >= 15 is 0 Å². The van der Waals surface area contributed by atoms with Crippen LogP contribution in [0, 0.1) is 24.2 Å². The first kappa shape index (κ1) is 15.8. The van der Waals surface area contributed by atoms with Gasteiger partial charge in [-0.3, -0.25) is 4.79 Å². The molecule has 7 nitrogen and oxygen atoms in total. The first-order valence-corrected chi connectivity index (χ1v) is 6.20. The number of carboxylic acid groups (broad SMARTS) is 1. The maximum Gasteiger partial charge on any atom is 0.327 e. The Morgan fingerprint density at radius 1 is 1.50 bits per heavy atom. The molecule has 0 aromatic rings. The number of ether oxygens (including phenoxy) is 1. The molecule has 3 unspecified atom stereocenters. The van der Waals surface area contributed by atoms with Gasteiger partial charge in [-0.05, 0) is 5.92 Å². The van der Waals surface area contributed by atoms with Crippen molar-refractivity contribution in [3.63, 3.8) is 0 Å². The Kier molecular flexibility index (Phi) is 5.38. The molecular formula is C13H18N2O5. The third-order valence-electron chi connectivity index (χ3n) is 3.32. The zero-order valence-corrected chi connectivity index (χ0v) is 11.5. The molecule has 0 aromatic heterocycles. The van der Waals surface area contributed by atoms with E-state index in [2.05, 4.69) is 16.0 Å². The molecule has 110 valence electrons. The largest absolute Gasteiger partial charge is 0.480 e. The van der Waals surface area contributed by atoms with Gasteiger partial charge in [0.15, 0.2) is 0 Å². The minimum atomic E-state index is -1.19. The molecule has 2 amide bonds. The Balaban J connectivity index is 2.63. The molecule has 0 aliphatic carbocycles. The summed E-state index contributed by atoms with van der Waals surface area (Å²) in [5, 5.41) is 11.3. The van der Waals surface area contributed by atoms with Crippen LogP contribution in [-0.4, -0.2) is 54.2 Å². The fraction of sp³-hybridized carbons (Fsp3) is 0.615. The van der Waals surface area contributed by atoms with E-state index in [0.717, 1.165) is 0 Å². The number of hydrogen-bond acceptors (Lipinski definition) is 4. The summed E-state index contributed by atoms with van der Waals surface area (Å²) < 4.78 is 4.67. The molecule has 1 aliphatic rings.